The summed E-state index contributed by atoms with van der Waals surface area (Å²) in [7, 11) is 1.61. The number of piperidine rings is 1. The van der Waals surface area contributed by atoms with Crippen molar-refractivity contribution >= 4 is 29.9 Å². The molecule has 2 aliphatic heterocycles. The number of nitrogens with one attached hydrogen (secondary N) is 2. The number of methoxy groups -OCH3 is 1. The third kappa shape index (κ3) is 3.53. The number of halogens is 1. The summed E-state index contributed by atoms with van der Waals surface area (Å²) in [5, 5.41) is 6.48. The van der Waals surface area contributed by atoms with Crippen LogP contribution in [0.4, 0.5) is 5.69 Å². The summed E-state index contributed by atoms with van der Waals surface area (Å²) in [5.74, 6) is 1.04. The molecule has 2 saturated heterocycles. The molecule has 2 amide bonds. The van der Waals surface area contributed by atoms with Gasteiger partial charge >= 0.3 is 0 Å². The van der Waals surface area contributed by atoms with Crippen molar-refractivity contribution in [2.45, 2.75) is 31.7 Å². The lowest BCUT2D eigenvalue weighted by atomic mass is 9.91. The number of carbonyl (C=O) groups excluding carboxylic acids is 2. The van der Waals surface area contributed by atoms with Gasteiger partial charge in [0.05, 0.1) is 13.2 Å². The first-order valence-corrected chi connectivity index (χ1v) is 9.07. The predicted molar refractivity (Wildman–Crippen MR) is 102 cm³/mol. The van der Waals surface area contributed by atoms with Gasteiger partial charge in [0.15, 0.2) is 0 Å². The van der Waals surface area contributed by atoms with Crippen LogP contribution in [-0.4, -0.2) is 44.6 Å². The maximum Gasteiger partial charge on any atom is 0.229 e. The summed E-state index contributed by atoms with van der Waals surface area (Å²) in [5.41, 5.74) is 1.05. The molecule has 2 atom stereocenters. The van der Waals surface area contributed by atoms with Crippen molar-refractivity contribution in [1.82, 2.24) is 10.6 Å². The molecule has 142 valence electrons. The van der Waals surface area contributed by atoms with E-state index in [0.29, 0.717) is 13.0 Å². The third-order valence-electron chi connectivity index (χ3n) is 5.94. The zero-order valence-electron chi connectivity index (χ0n) is 15.0. The van der Waals surface area contributed by atoms with E-state index in [1.54, 1.807) is 12.0 Å². The zero-order chi connectivity index (χ0) is 17.4. The number of nitrogens with zero attached hydrogens (tertiary/aromatic N) is 1. The number of benzene rings is 1. The van der Waals surface area contributed by atoms with Crippen molar-refractivity contribution in [2.24, 2.45) is 11.3 Å². The Kier molecular flexibility index (Phi) is 5.44. The van der Waals surface area contributed by atoms with Crippen LogP contribution in [0.5, 0.6) is 5.75 Å². The number of amides is 2. The van der Waals surface area contributed by atoms with Crippen molar-refractivity contribution in [1.29, 1.82) is 0 Å². The lowest BCUT2D eigenvalue weighted by Gasteiger charge is -2.23. The zero-order valence-corrected chi connectivity index (χ0v) is 15.8. The Bertz CT molecular complexity index is 690. The molecule has 1 aromatic rings. The topological polar surface area (TPSA) is 70.7 Å². The highest BCUT2D eigenvalue weighted by molar-refractivity contribution is 5.97. The van der Waals surface area contributed by atoms with E-state index in [4.69, 9.17) is 4.74 Å². The Morgan fingerprint density at radius 1 is 1.35 bits per heavy atom. The van der Waals surface area contributed by atoms with Crippen molar-refractivity contribution in [3.05, 3.63) is 24.3 Å². The van der Waals surface area contributed by atoms with Gasteiger partial charge in [0.2, 0.25) is 11.8 Å². The Labute approximate surface area is 160 Å². The Morgan fingerprint density at radius 2 is 2.12 bits per heavy atom. The summed E-state index contributed by atoms with van der Waals surface area (Å²) in [6.45, 7) is 2.55. The van der Waals surface area contributed by atoms with Gasteiger partial charge in [0.25, 0.3) is 0 Å². The summed E-state index contributed by atoms with van der Waals surface area (Å²) in [4.78, 5) is 26.7. The highest BCUT2D eigenvalue weighted by Crippen LogP contribution is 2.58. The molecule has 0 radical (unpaired) electrons. The number of anilines is 1. The SMILES string of the molecule is COc1cccc(N2CC(NC(=O)C3CC34CCNCC4)CC2=O)c1.Cl. The number of hydrogen-bond acceptors (Lipinski definition) is 4. The van der Waals surface area contributed by atoms with Crippen LogP contribution in [0, 0.1) is 11.3 Å². The van der Waals surface area contributed by atoms with E-state index in [1.165, 1.54) is 0 Å². The number of carbonyl (C=O) groups is 2. The number of rotatable bonds is 4. The van der Waals surface area contributed by atoms with E-state index >= 15 is 0 Å². The second kappa shape index (κ2) is 7.45. The monoisotopic (exact) mass is 379 g/mol. The molecule has 2 unspecified atom stereocenters. The van der Waals surface area contributed by atoms with Crippen LogP contribution >= 0.6 is 12.4 Å². The molecule has 1 aromatic carbocycles. The minimum atomic E-state index is -0.106. The molecule has 1 spiro atoms. The normalized spacial score (nSPS) is 26.3. The lowest BCUT2D eigenvalue weighted by Crippen LogP contribution is -2.40. The molecule has 2 heterocycles. The van der Waals surface area contributed by atoms with Crippen LogP contribution in [0.2, 0.25) is 0 Å². The van der Waals surface area contributed by atoms with Crippen LogP contribution in [0.1, 0.15) is 25.7 Å². The van der Waals surface area contributed by atoms with E-state index in [0.717, 1.165) is 43.8 Å². The molecule has 6 nitrogen and oxygen atoms in total. The quantitative estimate of drug-likeness (QED) is 0.835. The molecule has 4 rings (SSSR count). The first-order chi connectivity index (χ1) is 12.1. The molecule has 26 heavy (non-hydrogen) atoms. The van der Waals surface area contributed by atoms with Crippen LogP contribution in [0.3, 0.4) is 0 Å². The highest BCUT2D eigenvalue weighted by atomic mass is 35.5. The van der Waals surface area contributed by atoms with Gasteiger partial charge < -0.3 is 20.3 Å². The minimum absolute atomic E-state index is 0. The predicted octanol–water partition coefficient (Wildman–Crippen LogP) is 1.73. The smallest absolute Gasteiger partial charge is 0.229 e. The van der Waals surface area contributed by atoms with Crippen molar-refractivity contribution in [3.8, 4) is 5.75 Å². The fourth-order valence-electron chi connectivity index (χ4n) is 4.33. The molecular weight excluding hydrogens is 354 g/mol. The van der Waals surface area contributed by atoms with Gasteiger partial charge in [-0.3, -0.25) is 9.59 Å². The fraction of sp³-hybridized carbons (Fsp3) is 0.579. The minimum Gasteiger partial charge on any atom is -0.497 e. The Hall–Kier alpha value is -1.79. The van der Waals surface area contributed by atoms with Crippen LogP contribution in [-0.2, 0) is 9.59 Å². The molecule has 7 heteroatoms. The first kappa shape index (κ1) is 19.0. The van der Waals surface area contributed by atoms with Gasteiger partial charge in [-0.25, -0.2) is 0 Å². The fourth-order valence-corrected chi connectivity index (χ4v) is 4.33. The second-order valence-electron chi connectivity index (χ2n) is 7.48. The molecule has 3 fully saturated rings. The third-order valence-corrected chi connectivity index (χ3v) is 5.94. The van der Waals surface area contributed by atoms with E-state index in [1.807, 2.05) is 24.3 Å². The second-order valence-corrected chi connectivity index (χ2v) is 7.48. The standard InChI is InChI=1S/C19H25N3O3.ClH/c1-25-15-4-2-3-14(10-15)22-12-13(9-17(22)23)21-18(24)16-11-19(16)5-7-20-8-6-19;/h2-4,10,13,16,20H,5-9,11-12H2,1H3,(H,21,24);1H. The maximum atomic E-state index is 12.6. The molecule has 0 bridgehead atoms. The van der Waals surface area contributed by atoms with Crippen LogP contribution in [0.15, 0.2) is 24.3 Å². The molecule has 3 aliphatic rings. The van der Waals surface area contributed by atoms with Crippen LogP contribution < -0.4 is 20.3 Å². The van der Waals surface area contributed by atoms with E-state index < -0.39 is 0 Å². The van der Waals surface area contributed by atoms with Gasteiger partial charge in [-0.2, -0.15) is 0 Å². The number of ether oxygens (including phenoxy) is 1. The molecular formula is C19H26ClN3O3. The van der Waals surface area contributed by atoms with E-state index in [9.17, 15) is 9.59 Å². The Balaban J connectivity index is 0.00000196. The molecule has 1 aliphatic carbocycles. The van der Waals surface area contributed by atoms with E-state index in [-0.39, 0.29) is 41.6 Å². The molecule has 2 N–H and O–H groups in total. The molecule has 1 saturated carbocycles. The van der Waals surface area contributed by atoms with Crippen molar-refractivity contribution < 1.29 is 14.3 Å². The van der Waals surface area contributed by atoms with Gasteiger partial charge in [-0.15, -0.1) is 12.4 Å². The average molecular weight is 380 g/mol. The van der Waals surface area contributed by atoms with Gasteiger partial charge in [0.1, 0.15) is 5.75 Å². The summed E-state index contributed by atoms with van der Waals surface area (Å²) >= 11 is 0. The maximum absolute atomic E-state index is 12.6. The van der Waals surface area contributed by atoms with E-state index in [2.05, 4.69) is 10.6 Å². The Morgan fingerprint density at radius 3 is 2.85 bits per heavy atom. The largest absolute Gasteiger partial charge is 0.497 e. The van der Waals surface area contributed by atoms with Crippen molar-refractivity contribution in [2.75, 3.05) is 31.6 Å². The summed E-state index contributed by atoms with van der Waals surface area (Å²) in [6, 6.07) is 7.38. The molecule has 0 aromatic heterocycles. The van der Waals surface area contributed by atoms with Gasteiger partial charge in [-0.05, 0) is 49.9 Å². The van der Waals surface area contributed by atoms with Crippen molar-refractivity contribution in [3.63, 3.8) is 0 Å². The van der Waals surface area contributed by atoms with Gasteiger partial charge in [-0.1, -0.05) is 6.07 Å². The lowest BCUT2D eigenvalue weighted by molar-refractivity contribution is -0.123. The first-order valence-electron chi connectivity index (χ1n) is 9.07. The summed E-state index contributed by atoms with van der Waals surface area (Å²) in [6.07, 6.45) is 3.54. The number of hydrogen-bond donors (Lipinski definition) is 2. The highest BCUT2D eigenvalue weighted by Gasteiger charge is 2.57. The van der Waals surface area contributed by atoms with Crippen LogP contribution in [0.25, 0.3) is 0 Å². The average Bonchev–Trinajstić information content (AvgIpc) is 3.19. The van der Waals surface area contributed by atoms with Gasteiger partial charge in [0, 0.05) is 30.6 Å². The summed E-state index contributed by atoms with van der Waals surface area (Å²) < 4.78 is 5.23.